The maximum absolute atomic E-state index is 11.2. The fourth-order valence-electron chi connectivity index (χ4n) is 1.70. The van der Waals surface area contributed by atoms with Crippen molar-refractivity contribution in [1.29, 1.82) is 0 Å². The molecule has 98 valence electrons. The summed E-state index contributed by atoms with van der Waals surface area (Å²) in [4.78, 5) is 11.2. The van der Waals surface area contributed by atoms with Crippen molar-refractivity contribution in [1.82, 2.24) is 5.32 Å². The van der Waals surface area contributed by atoms with E-state index in [4.69, 9.17) is 14.6 Å². The van der Waals surface area contributed by atoms with Crippen LogP contribution in [0.15, 0.2) is 18.2 Å². The highest BCUT2D eigenvalue weighted by Crippen LogP contribution is 2.32. The number of rotatable bonds is 5. The van der Waals surface area contributed by atoms with Crippen LogP contribution in [0, 0.1) is 0 Å². The molecule has 1 aromatic rings. The average molecular weight is 251 g/mol. The topological polar surface area (TPSA) is 67.8 Å². The van der Waals surface area contributed by atoms with Crippen molar-refractivity contribution in [3.63, 3.8) is 0 Å². The van der Waals surface area contributed by atoms with Crippen LogP contribution in [-0.2, 0) is 11.3 Å². The van der Waals surface area contributed by atoms with Gasteiger partial charge in [-0.25, -0.2) is 0 Å². The first kappa shape index (κ1) is 12.7. The molecule has 2 N–H and O–H groups in total. The number of benzene rings is 1. The van der Waals surface area contributed by atoms with Gasteiger partial charge in [0.05, 0.1) is 0 Å². The summed E-state index contributed by atoms with van der Waals surface area (Å²) in [7, 11) is 0. The van der Waals surface area contributed by atoms with E-state index in [1.165, 1.54) is 0 Å². The Morgan fingerprint density at radius 1 is 1.44 bits per heavy atom. The van der Waals surface area contributed by atoms with Gasteiger partial charge >= 0.3 is 5.97 Å². The van der Waals surface area contributed by atoms with Gasteiger partial charge in [0, 0.05) is 6.54 Å². The predicted molar refractivity (Wildman–Crippen MR) is 65.7 cm³/mol. The SMILES string of the molecule is CCC(C)(NCc1ccc2c(c1)OCO2)C(=O)O. The molecule has 1 unspecified atom stereocenters. The molecule has 0 amide bonds. The van der Waals surface area contributed by atoms with Crippen molar-refractivity contribution < 1.29 is 19.4 Å². The third kappa shape index (κ3) is 2.41. The molecular formula is C13H17NO4. The van der Waals surface area contributed by atoms with Crippen molar-refractivity contribution in [2.45, 2.75) is 32.4 Å². The number of aliphatic carboxylic acids is 1. The van der Waals surface area contributed by atoms with E-state index in [2.05, 4.69) is 5.32 Å². The van der Waals surface area contributed by atoms with Crippen molar-refractivity contribution in [3.8, 4) is 11.5 Å². The van der Waals surface area contributed by atoms with Crippen LogP contribution in [0.25, 0.3) is 0 Å². The lowest BCUT2D eigenvalue weighted by Crippen LogP contribution is -2.48. The standard InChI is InChI=1S/C13H17NO4/c1-3-13(2,12(15)16)14-7-9-4-5-10-11(6-9)18-8-17-10/h4-6,14H,3,7-8H2,1-2H3,(H,15,16). The number of ether oxygens (including phenoxy) is 2. The molecule has 1 heterocycles. The smallest absolute Gasteiger partial charge is 0.323 e. The van der Waals surface area contributed by atoms with Crippen molar-refractivity contribution in [2.24, 2.45) is 0 Å². The molecule has 1 atom stereocenters. The van der Waals surface area contributed by atoms with E-state index in [9.17, 15) is 4.79 Å². The van der Waals surface area contributed by atoms with Crippen LogP contribution in [0.1, 0.15) is 25.8 Å². The lowest BCUT2D eigenvalue weighted by molar-refractivity contribution is -0.144. The molecule has 0 radical (unpaired) electrons. The second kappa shape index (κ2) is 4.86. The van der Waals surface area contributed by atoms with Gasteiger partial charge in [-0.2, -0.15) is 0 Å². The summed E-state index contributed by atoms with van der Waals surface area (Å²) in [6, 6.07) is 5.61. The number of carboxylic acids is 1. The van der Waals surface area contributed by atoms with Crippen LogP contribution in [0.3, 0.4) is 0 Å². The molecule has 5 heteroatoms. The first-order valence-electron chi connectivity index (χ1n) is 5.92. The summed E-state index contributed by atoms with van der Waals surface area (Å²) in [5, 5.41) is 12.2. The molecule has 0 aromatic heterocycles. The highest BCUT2D eigenvalue weighted by atomic mass is 16.7. The zero-order valence-corrected chi connectivity index (χ0v) is 10.5. The number of hydrogen-bond donors (Lipinski definition) is 2. The molecule has 2 rings (SSSR count). The van der Waals surface area contributed by atoms with Crippen LogP contribution in [0.4, 0.5) is 0 Å². The van der Waals surface area contributed by atoms with E-state index in [-0.39, 0.29) is 6.79 Å². The van der Waals surface area contributed by atoms with E-state index in [1.807, 2.05) is 25.1 Å². The molecule has 1 aliphatic heterocycles. The van der Waals surface area contributed by atoms with Crippen LogP contribution in [0.5, 0.6) is 11.5 Å². The fraction of sp³-hybridized carbons (Fsp3) is 0.462. The minimum absolute atomic E-state index is 0.244. The summed E-state index contributed by atoms with van der Waals surface area (Å²) in [6.07, 6.45) is 0.521. The van der Waals surface area contributed by atoms with Crippen LogP contribution in [-0.4, -0.2) is 23.4 Å². The fourth-order valence-corrected chi connectivity index (χ4v) is 1.70. The molecule has 0 saturated heterocycles. The lowest BCUT2D eigenvalue weighted by atomic mass is 9.99. The third-order valence-electron chi connectivity index (χ3n) is 3.30. The lowest BCUT2D eigenvalue weighted by Gasteiger charge is -2.24. The van der Waals surface area contributed by atoms with Gasteiger partial charge in [0.15, 0.2) is 11.5 Å². The minimum atomic E-state index is -0.906. The molecule has 0 bridgehead atoms. The molecule has 5 nitrogen and oxygen atoms in total. The normalized spacial score (nSPS) is 16.3. The number of fused-ring (bicyclic) bond motifs is 1. The Hall–Kier alpha value is -1.75. The van der Waals surface area contributed by atoms with E-state index in [1.54, 1.807) is 6.92 Å². The summed E-state index contributed by atoms with van der Waals surface area (Å²) in [5.41, 5.74) is 0.0660. The molecule has 0 aliphatic carbocycles. The van der Waals surface area contributed by atoms with Crippen LogP contribution < -0.4 is 14.8 Å². The number of nitrogens with one attached hydrogen (secondary N) is 1. The molecule has 1 aliphatic rings. The molecule has 0 spiro atoms. The van der Waals surface area contributed by atoms with E-state index < -0.39 is 11.5 Å². The zero-order chi connectivity index (χ0) is 13.2. The van der Waals surface area contributed by atoms with Crippen molar-refractivity contribution >= 4 is 5.97 Å². The maximum atomic E-state index is 11.2. The monoisotopic (exact) mass is 251 g/mol. The Kier molecular flexibility index (Phi) is 3.43. The van der Waals surface area contributed by atoms with Crippen LogP contribution >= 0.6 is 0 Å². The van der Waals surface area contributed by atoms with Crippen molar-refractivity contribution in [2.75, 3.05) is 6.79 Å². The Morgan fingerprint density at radius 3 is 2.83 bits per heavy atom. The van der Waals surface area contributed by atoms with E-state index in [0.717, 1.165) is 11.3 Å². The van der Waals surface area contributed by atoms with Gasteiger partial charge in [0.2, 0.25) is 6.79 Å². The molecular weight excluding hydrogens is 234 g/mol. The second-order valence-electron chi connectivity index (χ2n) is 4.53. The maximum Gasteiger partial charge on any atom is 0.323 e. The van der Waals surface area contributed by atoms with Crippen molar-refractivity contribution in [3.05, 3.63) is 23.8 Å². The highest BCUT2D eigenvalue weighted by Gasteiger charge is 2.30. The largest absolute Gasteiger partial charge is 0.480 e. The van der Waals surface area contributed by atoms with Gasteiger partial charge < -0.3 is 14.6 Å². The van der Waals surface area contributed by atoms with Gasteiger partial charge in [0.25, 0.3) is 0 Å². The first-order valence-corrected chi connectivity index (χ1v) is 5.92. The third-order valence-corrected chi connectivity index (χ3v) is 3.30. The zero-order valence-electron chi connectivity index (χ0n) is 10.5. The second-order valence-corrected chi connectivity index (χ2v) is 4.53. The number of carbonyl (C=O) groups is 1. The first-order chi connectivity index (χ1) is 8.55. The van der Waals surface area contributed by atoms with E-state index in [0.29, 0.717) is 18.7 Å². The summed E-state index contributed by atoms with van der Waals surface area (Å²) in [6.45, 7) is 4.25. The summed E-state index contributed by atoms with van der Waals surface area (Å²) < 4.78 is 10.5. The van der Waals surface area contributed by atoms with Gasteiger partial charge in [0.1, 0.15) is 5.54 Å². The van der Waals surface area contributed by atoms with E-state index >= 15 is 0 Å². The van der Waals surface area contributed by atoms with Gasteiger partial charge in [-0.05, 0) is 31.0 Å². The highest BCUT2D eigenvalue weighted by molar-refractivity contribution is 5.78. The Bertz CT molecular complexity index is 460. The summed E-state index contributed by atoms with van der Waals surface area (Å²) in [5.74, 6) is 0.601. The Balaban J connectivity index is 2.04. The predicted octanol–water partition coefficient (Wildman–Crippen LogP) is 1.76. The van der Waals surface area contributed by atoms with Gasteiger partial charge in [-0.1, -0.05) is 13.0 Å². The minimum Gasteiger partial charge on any atom is -0.480 e. The Morgan fingerprint density at radius 2 is 2.17 bits per heavy atom. The number of hydrogen-bond acceptors (Lipinski definition) is 4. The molecule has 18 heavy (non-hydrogen) atoms. The molecule has 0 fully saturated rings. The summed E-state index contributed by atoms with van der Waals surface area (Å²) >= 11 is 0. The number of carboxylic acid groups (broad SMARTS) is 1. The molecule has 1 aromatic carbocycles. The average Bonchev–Trinajstić information content (AvgIpc) is 2.82. The Labute approximate surface area is 106 Å². The van der Waals surface area contributed by atoms with Gasteiger partial charge in [-0.3, -0.25) is 10.1 Å². The molecule has 0 saturated carbocycles. The van der Waals surface area contributed by atoms with Crippen LogP contribution in [0.2, 0.25) is 0 Å². The van der Waals surface area contributed by atoms with Gasteiger partial charge in [-0.15, -0.1) is 0 Å². The quantitative estimate of drug-likeness (QED) is 0.834.